The molecule has 1 fully saturated rings. The molecule has 0 radical (unpaired) electrons. The highest BCUT2D eigenvalue weighted by molar-refractivity contribution is 5.79. The Labute approximate surface area is 137 Å². The Bertz CT molecular complexity index is 526. The summed E-state index contributed by atoms with van der Waals surface area (Å²) < 4.78 is 5.46. The SMILES string of the molecule is Cc1ccc(OCC(=O)NC2CCCCCCC2C(=O)O)cc1. The van der Waals surface area contributed by atoms with E-state index in [1.165, 1.54) is 0 Å². The third-order valence-corrected chi connectivity index (χ3v) is 4.32. The molecule has 23 heavy (non-hydrogen) atoms. The van der Waals surface area contributed by atoms with Gasteiger partial charge in [-0.05, 0) is 31.9 Å². The van der Waals surface area contributed by atoms with Crippen LogP contribution in [0.4, 0.5) is 0 Å². The van der Waals surface area contributed by atoms with Crippen LogP contribution in [0.25, 0.3) is 0 Å². The summed E-state index contributed by atoms with van der Waals surface area (Å²) in [5, 5.41) is 12.2. The predicted octanol–water partition coefficient (Wildman–Crippen LogP) is 2.91. The van der Waals surface area contributed by atoms with Crippen molar-refractivity contribution in [3.63, 3.8) is 0 Å². The van der Waals surface area contributed by atoms with Crippen LogP contribution >= 0.6 is 0 Å². The minimum Gasteiger partial charge on any atom is -0.484 e. The molecule has 2 atom stereocenters. The van der Waals surface area contributed by atoms with Gasteiger partial charge in [-0.1, -0.05) is 43.4 Å². The predicted molar refractivity (Wildman–Crippen MR) is 87.4 cm³/mol. The molecule has 1 aromatic carbocycles. The highest BCUT2D eigenvalue weighted by Crippen LogP contribution is 2.23. The van der Waals surface area contributed by atoms with Crippen molar-refractivity contribution in [3.8, 4) is 5.75 Å². The molecule has 1 aliphatic rings. The lowest BCUT2D eigenvalue weighted by Gasteiger charge is -2.27. The normalized spacial score (nSPS) is 21.8. The minimum absolute atomic E-state index is 0.0914. The smallest absolute Gasteiger partial charge is 0.308 e. The van der Waals surface area contributed by atoms with Gasteiger partial charge in [0.25, 0.3) is 5.91 Å². The first kappa shape index (κ1) is 17.3. The second-order valence-corrected chi connectivity index (χ2v) is 6.21. The quantitative estimate of drug-likeness (QED) is 0.875. The highest BCUT2D eigenvalue weighted by atomic mass is 16.5. The summed E-state index contributed by atoms with van der Waals surface area (Å²) >= 11 is 0. The molecule has 0 bridgehead atoms. The first-order chi connectivity index (χ1) is 11.1. The van der Waals surface area contributed by atoms with E-state index in [1.807, 2.05) is 31.2 Å². The van der Waals surface area contributed by atoms with Gasteiger partial charge < -0.3 is 15.2 Å². The molecule has 1 amide bonds. The number of hydrogen-bond acceptors (Lipinski definition) is 3. The van der Waals surface area contributed by atoms with E-state index in [4.69, 9.17) is 4.74 Å². The van der Waals surface area contributed by atoms with E-state index < -0.39 is 11.9 Å². The number of carbonyl (C=O) groups is 2. The van der Waals surface area contributed by atoms with Crippen LogP contribution < -0.4 is 10.1 Å². The van der Waals surface area contributed by atoms with Gasteiger partial charge in [0.2, 0.25) is 0 Å². The monoisotopic (exact) mass is 319 g/mol. The van der Waals surface area contributed by atoms with Crippen molar-refractivity contribution in [1.29, 1.82) is 0 Å². The average molecular weight is 319 g/mol. The first-order valence-electron chi connectivity index (χ1n) is 8.28. The number of aliphatic carboxylic acids is 1. The largest absolute Gasteiger partial charge is 0.484 e. The molecule has 1 aromatic rings. The van der Waals surface area contributed by atoms with Gasteiger partial charge in [0.15, 0.2) is 6.61 Å². The summed E-state index contributed by atoms with van der Waals surface area (Å²) in [5.41, 5.74) is 1.13. The number of nitrogens with one attached hydrogen (secondary N) is 1. The van der Waals surface area contributed by atoms with E-state index in [0.717, 1.165) is 31.2 Å². The molecule has 5 nitrogen and oxygen atoms in total. The molecule has 1 aliphatic carbocycles. The maximum absolute atomic E-state index is 12.1. The van der Waals surface area contributed by atoms with Crippen molar-refractivity contribution >= 4 is 11.9 Å². The third-order valence-electron chi connectivity index (χ3n) is 4.32. The van der Waals surface area contributed by atoms with Crippen LogP contribution in [0.15, 0.2) is 24.3 Å². The van der Waals surface area contributed by atoms with Crippen LogP contribution in [0.2, 0.25) is 0 Å². The van der Waals surface area contributed by atoms with Crippen molar-refractivity contribution in [2.24, 2.45) is 5.92 Å². The number of carboxylic acids is 1. The lowest BCUT2D eigenvalue weighted by atomic mass is 9.87. The van der Waals surface area contributed by atoms with Gasteiger partial charge in [0.05, 0.1) is 5.92 Å². The van der Waals surface area contributed by atoms with Gasteiger partial charge in [-0.2, -0.15) is 0 Å². The maximum atomic E-state index is 12.1. The van der Waals surface area contributed by atoms with Crippen LogP contribution in [0, 0.1) is 12.8 Å². The molecule has 5 heteroatoms. The Morgan fingerprint density at radius 2 is 1.78 bits per heavy atom. The topological polar surface area (TPSA) is 75.6 Å². The number of carboxylic acid groups (broad SMARTS) is 1. The summed E-state index contributed by atoms with van der Waals surface area (Å²) in [6, 6.07) is 7.17. The summed E-state index contributed by atoms with van der Waals surface area (Å²) in [7, 11) is 0. The molecular formula is C18H25NO4. The second-order valence-electron chi connectivity index (χ2n) is 6.21. The van der Waals surface area contributed by atoms with E-state index in [9.17, 15) is 14.7 Å². The molecule has 2 N–H and O–H groups in total. The lowest BCUT2D eigenvalue weighted by Crippen LogP contribution is -2.45. The Morgan fingerprint density at radius 3 is 2.43 bits per heavy atom. The van der Waals surface area contributed by atoms with Gasteiger partial charge >= 0.3 is 5.97 Å². The molecule has 0 aliphatic heterocycles. The van der Waals surface area contributed by atoms with Crippen LogP contribution in [-0.2, 0) is 9.59 Å². The van der Waals surface area contributed by atoms with Crippen LogP contribution in [-0.4, -0.2) is 29.6 Å². The lowest BCUT2D eigenvalue weighted by molar-refractivity contribution is -0.143. The summed E-state index contributed by atoms with van der Waals surface area (Å²) in [6.45, 7) is 1.89. The molecule has 2 rings (SSSR count). The zero-order valence-electron chi connectivity index (χ0n) is 13.6. The van der Waals surface area contributed by atoms with E-state index in [-0.39, 0.29) is 18.6 Å². The fourth-order valence-corrected chi connectivity index (χ4v) is 2.98. The van der Waals surface area contributed by atoms with E-state index in [1.54, 1.807) is 0 Å². The zero-order chi connectivity index (χ0) is 16.7. The average Bonchev–Trinajstić information content (AvgIpc) is 2.49. The van der Waals surface area contributed by atoms with Crippen molar-refractivity contribution < 1.29 is 19.4 Å². The molecule has 2 unspecified atom stereocenters. The number of carbonyl (C=O) groups excluding carboxylic acids is 1. The summed E-state index contributed by atoms with van der Waals surface area (Å²) in [4.78, 5) is 23.5. The van der Waals surface area contributed by atoms with Gasteiger partial charge in [0.1, 0.15) is 5.75 Å². The Morgan fingerprint density at radius 1 is 1.13 bits per heavy atom. The maximum Gasteiger partial charge on any atom is 0.308 e. The molecule has 126 valence electrons. The number of amides is 1. The Kier molecular flexibility index (Phi) is 6.44. The summed E-state index contributed by atoms with van der Waals surface area (Å²) in [6.07, 6.45) is 5.36. The number of aryl methyl sites for hydroxylation is 1. The van der Waals surface area contributed by atoms with E-state index >= 15 is 0 Å². The molecule has 1 saturated carbocycles. The Hall–Kier alpha value is -2.04. The van der Waals surface area contributed by atoms with Crippen molar-refractivity contribution in [3.05, 3.63) is 29.8 Å². The second kappa shape index (κ2) is 8.56. The van der Waals surface area contributed by atoms with Gasteiger partial charge in [-0.3, -0.25) is 9.59 Å². The molecular weight excluding hydrogens is 294 g/mol. The van der Waals surface area contributed by atoms with Crippen LogP contribution in [0.5, 0.6) is 5.75 Å². The first-order valence-corrected chi connectivity index (χ1v) is 8.28. The molecule has 0 aromatic heterocycles. The fourth-order valence-electron chi connectivity index (χ4n) is 2.98. The minimum atomic E-state index is -0.823. The van der Waals surface area contributed by atoms with Crippen molar-refractivity contribution in [1.82, 2.24) is 5.32 Å². The molecule has 0 heterocycles. The third kappa shape index (κ3) is 5.58. The zero-order valence-corrected chi connectivity index (χ0v) is 13.6. The van der Waals surface area contributed by atoms with Gasteiger partial charge in [-0.25, -0.2) is 0 Å². The van der Waals surface area contributed by atoms with E-state index in [2.05, 4.69) is 5.32 Å². The van der Waals surface area contributed by atoms with Crippen molar-refractivity contribution in [2.75, 3.05) is 6.61 Å². The van der Waals surface area contributed by atoms with Crippen LogP contribution in [0.1, 0.15) is 44.1 Å². The Balaban J connectivity index is 1.88. The van der Waals surface area contributed by atoms with Gasteiger partial charge in [0, 0.05) is 6.04 Å². The molecule has 0 saturated heterocycles. The number of ether oxygens (including phenoxy) is 1. The van der Waals surface area contributed by atoms with Crippen molar-refractivity contribution in [2.45, 2.75) is 51.5 Å². The standard InChI is InChI=1S/C18H25NO4/c1-13-8-10-14(11-9-13)23-12-17(20)19-16-7-5-3-2-4-6-15(16)18(21)22/h8-11,15-16H,2-7,12H2,1H3,(H,19,20)(H,21,22). The molecule has 0 spiro atoms. The van der Waals surface area contributed by atoms with Crippen LogP contribution in [0.3, 0.4) is 0 Å². The summed E-state index contributed by atoms with van der Waals surface area (Å²) in [5.74, 6) is -0.948. The van der Waals surface area contributed by atoms with E-state index in [0.29, 0.717) is 18.6 Å². The number of benzene rings is 1. The van der Waals surface area contributed by atoms with Gasteiger partial charge in [-0.15, -0.1) is 0 Å². The fraction of sp³-hybridized carbons (Fsp3) is 0.556. The highest BCUT2D eigenvalue weighted by Gasteiger charge is 2.29. The number of hydrogen-bond donors (Lipinski definition) is 2. The number of rotatable bonds is 5.